The van der Waals surface area contributed by atoms with E-state index in [1.54, 1.807) is 11.8 Å². The van der Waals surface area contributed by atoms with Crippen LogP contribution < -0.4 is 10.9 Å². The van der Waals surface area contributed by atoms with Gasteiger partial charge in [0.05, 0.1) is 23.2 Å². The van der Waals surface area contributed by atoms with E-state index in [4.69, 9.17) is 4.98 Å². The molecule has 164 valence electrons. The molecule has 2 fully saturated rings. The number of nitrogens with one attached hydrogen (secondary N) is 2. The first kappa shape index (κ1) is 21.6. The summed E-state index contributed by atoms with van der Waals surface area (Å²) in [6.07, 6.45) is 6.69. The molecule has 2 N–H and O–H groups in total. The van der Waals surface area contributed by atoms with Gasteiger partial charge in [-0.1, -0.05) is 12.8 Å². The molecule has 1 aliphatic heterocycles. The number of rotatable bonds is 7. The third-order valence-corrected chi connectivity index (χ3v) is 7.36. The molecule has 1 saturated heterocycles. The van der Waals surface area contributed by atoms with Gasteiger partial charge in [-0.25, -0.2) is 13.8 Å². The number of aromatic nitrogens is 2. The molecule has 5 nitrogen and oxygen atoms in total. The van der Waals surface area contributed by atoms with Gasteiger partial charge in [0.2, 0.25) is 0 Å². The highest BCUT2D eigenvalue weighted by Crippen LogP contribution is 2.28. The molecule has 0 radical (unpaired) electrons. The quantitative estimate of drug-likeness (QED) is 0.663. The van der Waals surface area contributed by atoms with Gasteiger partial charge in [-0.2, -0.15) is 11.8 Å². The Hall–Kier alpha value is -1.67. The lowest BCUT2D eigenvalue weighted by atomic mass is 10.1. The van der Waals surface area contributed by atoms with E-state index in [-0.39, 0.29) is 12.1 Å². The highest BCUT2D eigenvalue weighted by atomic mass is 32.2. The van der Waals surface area contributed by atoms with E-state index in [1.165, 1.54) is 25.7 Å². The maximum absolute atomic E-state index is 13.2. The summed E-state index contributed by atoms with van der Waals surface area (Å²) in [7, 11) is 0. The first-order chi connectivity index (χ1) is 14.4. The van der Waals surface area contributed by atoms with Gasteiger partial charge < -0.3 is 10.3 Å². The number of nitrogens with zero attached hydrogens (tertiary/aromatic N) is 2. The molecule has 2 aliphatic rings. The van der Waals surface area contributed by atoms with Gasteiger partial charge >= 0.3 is 0 Å². The summed E-state index contributed by atoms with van der Waals surface area (Å²) in [6.45, 7) is 2.20. The van der Waals surface area contributed by atoms with Crippen LogP contribution in [0.4, 0.5) is 14.5 Å². The van der Waals surface area contributed by atoms with Crippen molar-refractivity contribution >= 4 is 28.4 Å². The van der Waals surface area contributed by atoms with E-state index < -0.39 is 5.92 Å². The van der Waals surface area contributed by atoms with Crippen LogP contribution in [0.2, 0.25) is 0 Å². The van der Waals surface area contributed by atoms with Crippen LogP contribution in [0, 0.1) is 0 Å². The maximum Gasteiger partial charge on any atom is 0.258 e. The minimum Gasteiger partial charge on any atom is -0.382 e. The molecule has 8 heteroatoms. The number of halogens is 2. The molecule has 0 bridgehead atoms. The molecule has 2 aromatic rings. The lowest BCUT2D eigenvalue weighted by molar-refractivity contribution is -0.0182. The van der Waals surface area contributed by atoms with Crippen molar-refractivity contribution in [1.82, 2.24) is 14.9 Å². The van der Waals surface area contributed by atoms with Crippen molar-refractivity contribution < 1.29 is 8.78 Å². The molecule has 1 aliphatic carbocycles. The second kappa shape index (κ2) is 9.22. The summed E-state index contributed by atoms with van der Waals surface area (Å²) < 4.78 is 26.4. The normalized spacial score (nSPS) is 19.6. The zero-order valence-corrected chi connectivity index (χ0v) is 18.2. The molecule has 0 atom stereocenters. The summed E-state index contributed by atoms with van der Waals surface area (Å²) in [5.41, 5.74) is 1.63. The molecule has 1 aromatic carbocycles. The van der Waals surface area contributed by atoms with E-state index >= 15 is 0 Å². The first-order valence-corrected chi connectivity index (χ1v) is 11.9. The summed E-state index contributed by atoms with van der Waals surface area (Å²) in [5, 5.41) is 4.57. The number of thioether (sulfide) groups is 1. The Morgan fingerprint density at radius 3 is 2.67 bits per heavy atom. The van der Waals surface area contributed by atoms with Crippen molar-refractivity contribution in [2.45, 2.75) is 68.4 Å². The van der Waals surface area contributed by atoms with Crippen molar-refractivity contribution in [3.05, 3.63) is 34.4 Å². The zero-order valence-electron chi connectivity index (χ0n) is 17.4. The lowest BCUT2D eigenvalue weighted by Crippen LogP contribution is -2.41. The van der Waals surface area contributed by atoms with Gasteiger partial charge in [0.25, 0.3) is 11.5 Å². The molecular formula is C22H30F2N4OS. The fourth-order valence-corrected chi connectivity index (χ4v) is 5.55. The Kier molecular flexibility index (Phi) is 6.63. The summed E-state index contributed by atoms with van der Waals surface area (Å²) >= 11 is 1.76. The summed E-state index contributed by atoms with van der Waals surface area (Å²) in [4.78, 5) is 21.9. The van der Waals surface area contributed by atoms with Crippen LogP contribution in [-0.2, 0) is 5.75 Å². The summed E-state index contributed by atoms with van der Waals surface area (Å²) in [5.74, 6) is -1.34. The Bertz CT molecular complexity index is 915. The van der Waals surface area contributed by atoms with Crippen molar-refractivity contribution in [1.29, 1.82) is 0 Å². The predicted octanol–water partition coefficient (Wildman–Crippen LogP) is 4.63. The van der Waals surface area contributed by atoms with E-state index in [9.17, 15) is 13.6 Å². The topological polar surface area (TPSA) is 61.0 Å². The largest absolute Gasteiger partial charge is 0.382 e. The Morgan fingerprint density at radius 1 is 1.23 bits per heavy atom. The molecule has 1 saturated carbocycles. The average Bonchev–Trinajstić information content (AvgIpc) is 3.19. The molecular weight excluding hydrogens is 406 g/mol. The van der Waals surface area contributed by atoms with Gasteiger partial charge in [0, 0.05) is 23.9 Å². The van der Waals surface area contributed by atoms with Crippen LogP contribution in [-0.4, -0.2) is 51.7 Å². The number of hydrogen-bond acceptors (Lipinski definition) is 5. The Labute approximate surface area is 180 Å². The SMILES string of the molecule is CC(F)(F)CN1CCC(SCc2nc3cc(NC4CCCC4)ccc3c(=O)[nH]2)CC1. The molecule has 2 heterocycles. The van der Waals surface area contributed by atoms with Crippen LogP contribution in [0.5, 0.6) is 0 Å². The molecule has 4 rings (SSSR count). The second-order valence-corrected chi connectivity index (χ2v) is 10.0. The monoisotopic (exact) mass is 436 g/mol. The number of benzene rings is 1. The summed E-state index contributed by atoms with van der Waals surface area (Å²) in [6, 6.07) is 6.28. The zero-order chi connectivity index (χ0) is 21.1. The van der Waals surface area contributed by atoms with Crippen molar-refractivity contribution in [3.63, 3.8) is 0 Å². The van der Waals surface area contributed by atoms with Crippen molar-refractivity contribution in [3.8, 4) is 0 Å². The number of hydrogen-bond donors (Lipinski definition) is 2. The van der Waals surface area contributed by atoms with Crippen molar-refractivity contribution in [2.75, 3.05) is 25.0 Å². The third-order valence-electron chi connectivity index (χ3n) is 5.97. The fourth-order valence-electron chi connectivity index (χ4n) is 4.48. The first-order valence-electron chi connectivity index (χ1n) is 10.9. The number of H-pyrrole nitrogens is 1. The number of anilines is 1. The number of piperidine rings is 1. The minimum atomic E-state index is -2.64. The van der Waals surface area contributed by atoms with E-state index in [2.05, 4.69) is 10.3 Å². The van der Waals surface area contributed by atoms with Crippen LogP contribution in [0.15, 0.2) is 23.0 Å². The average molecular weight is 437 g/mol. The predicted molar refractivity (Wildman–Crippen MR) is 120 cm³/mol. The smallest absolute Gasteiger partial charge is 0.258 e. The molecule has 0 spiro atoms. The molecule has 0 unspecified atom stereocenters. The number of alkyl halides is 2. The van der Waals surface area contributed by atoms with Crippen LogP contribution in [0.1, 0.15) is 51.3 Å². The highest BCUT2D eigenvalue weighted by Gasteiger charge is 2.28. The van der Waals surface area contributed by atoms with Gasteiger partial charge in [0.15, 0.2) is 0 Å². The molecule has 1 aromatic heterocycles. The van der Waals surface area contributed by atoms with Crippen LogP contribution >= 0.6 is 11.8 Å². The number of aromatic amines is 1. The second-order valence-electron chi connectivity index (χ2n) is 8.73. The van der Waals surface area contributed by atoms with E-state index in [0.717, 1.165) is 31.0 Å². The van der Waals surface area contributed by atoms with Crippen LogP contribution in [0.25, 0.3) is 10.9 Å². The number of fused-ring (bicyclic) bond motifs is 1. The number of likely N-dealkylation sites (tertiary alicyclic amines) is 1. The fraction of sp³-hybridized carbons (Fsp3) is 0.636. The third kappa shape index (κ3) is 5.72. The van der Waals surface area contributed by atoms with Gasteiger partial charge in [-0.15, -0.1) is 0 Å². The Morgan fingerprint density at radius 2 is 1.97 bits per heavy atom. The van der Waals surface area contributed by atoms with E-state index in [1.807, 2.05) is 23.1 Å². The Balaban J connectivity index is 1.36. The van der Waals surface area contributed by atoms with Crippen molar-refractivity contribution in [2.24, 2.45) is 0 Å². The highest BCUT2D eigenvalue weighted by molar-refractivity contribution is 7.99. The van der Waals surface area contributed by atoms with Gasteiger partial charge in [-0.3, -0.25) is 9.69 Å². The standard InChI is InChI=1S/C22H30F2N4OS/c1-22(23,24)14-28-10-8-17(9-11-28)30-13-20-26-19-12-16(25-15-4-2-3-5-15)6-7-18(19)21(29)27-20/h6-7,12,15,17,25H,2-5,8-11,13-14H2,1H3,(H,26,27,29). The van der Waals surface area contributed by atoms with Gasteiger partial charge in [0.1, 0.15) is 5.82 Å². The van der Waals surface area contributed by atoms with Gasteiger partial charge in [-0.05, 0) is 57.0 Å². The van der Waals surface area contributed by atoms with Crippen LogP contribution in [0.3, 0.4) is 0 Å². The maximum atomic E-state index is 13.2. The minimum absolute atomic E-state index is 0.108. The van der Waals surface area contributed by atoms with E-state index in [0.29, 0.717) is 41.3 Å². The lowest BCUT2D eigenvalue weighted by Gasteiger charge is -2.32. The molecule has 0 amide bonds. The molecule has 30 heavy (non-hydrogen) atoms.